The normalized spacial score (nSPS) is 12.7. The fraction of sp³-hybridized carbons (Fsp3) is 0.896. The van der Waals surface area contributed by atoms with Gasteiger partial charge in [0.05, 0.1) is 25.4 Å². The molecule has 0 bridgehead atoms. The minimum atomic E-state index is -0.845. The molecule has 490 valence electrons. The number of rotatable bonds is 71. The van der Waals surface area contributed by atoms with Gasteiger partial charge in [0.15, 0.2) is 0 Å². The summed E-state index contributed by atoms with van der Waals surface area (Å²) in [5.41, 5.74) is 0. The average Bonchev–Trinajstić information content (AvgIpc) is 3.48. The van der Waals surface area contributed by atoms with Crippen molar-refractivity contribution in [2.45, 2.75) is 431 Å². The predicted octanol–water partition coefficient (Wildman–Crippen LogP) is 24.7. The van der Waals surface area contributed by atoms with Crippen molar-refractivity contribution in [1.82, 2.24) is 5.32 Å². The third-order valence-electron chi connectivity index (χ3n) is 17.6. The molecule has 0 fully saturated rings. The van der Waals surface area contributed by atoms with Crippen molar-refractivity contribution < 1.29 is 24.5 Å². The van der Waals surface area contributed by atoms with Crippen LogP contribution in [0.3, 0.4) is 0 Å². The van der Waals surface area contributed by atoms with Gasteiger partial charge in [0, 0.05) is 12.8 Å². The lowest BCUT2D eigenvalue weighted by atomic mass is 10.0. The monoisotopic (exact) mass is 1170 g/mol. The largest absolute Gasteiger partial charge is 0.466 e. The van der Waals surface area contributed by atoms with Crippen molar-refractivity contribution in [3.05, 3.63) is 36.5 Å². The van der Waals surface area contributed by atoms with Gasteiger partial charge >= 0.3 is 5.97 Å². The number of carbonyl (C=O) groups excluding carboxylic acids is 2. The van der Waals surface area contributed by atoms with Crippen LogP contribution < -0.4 is 5.32 Å². The van der Waals surface area contributed by atoms with Crippen LogP contribution in [0.2, 0.25) is 0 Å². The molecule has 0 rings (SSSR count). The Hall–Kier alpha value is -1.92. The van der Waals surface area contributed by atoms with Crippen LogP contribution in [-0.2, 0) is 14.3 Å². The van der Waals surface area contributed by atoms with Gasteiger partial charge in [-0.1, -0.05) is 359 Å². The van der Waals surface area contributed by atoms with Crippen LogP contribution in [0.4, 0.5) is 0 Å². The Balaban J connectivity index is 3.39. The molecule has 0 spiro atoms. The quantitative estimate of drug-likeness (QED) is 0.0320. The predicted molar refractivity (Wildman–Crippen MR) is 366 cm³/mol. The summed E-state index contributed by atoms with van der Waals surface area (Å²) in [5, 5.41) is 23.3. The molecule has 0 saturated carbocycles. The van der Waals surface area contributed by atoms with E-state index >= 15 is 0 Å². The maximum absolute atomic E-state index is 12.5. The summed E-state index contributed by atoms with van der Waals surface area (Å²) in [4.78, 5) is 24.6. The van der Waals surface area contributed by atoms with Crippen molar-refractivity contribution in [1.29, 1.82) is 0 Å². The van der Waals surface area contributed by atoms with E-state index in [4.69, 9.17) is 4.74 Å². The van der Waals surface area contributed by atoms with E-state index in [2.05, 4.69) is 43.5 Å². The number of aliphatic hydroxyl groups excluding tert-OH is 2. The Bertz CT molecular complexity index is 1340. The number of nitrogens with one attached hydrogen (secondary N) is 1. The van der Waals surface area contributed by atoms with Crippen LogP contribution in [0, 0.1) is 0 Å². The molecule has 1 amide bonds. The first-order valence-electron chi connectivity index (χ1n) is 37.8. The lowest BCUT2D eigenvalue weighted by Crippen LogP contribution is -2.45. The molecular formula is C77H147NO5. The van der Waals surface area contributed by atoms with E-state index in [1.165, 1.54) is 347 Å². The molecule has 6 nitrogen and oxygen atoms in total. The number of hydrogen-bond donors (Lipinski definition) is 3. The van der Waals surface area contributed by atoms with Crippen molar-refractivity contribution in [2.24, 2.45) is 0 Å². The molecule has 0 aromatic heterocycles. The van der Waals surface area contributed by atoms with E-state index in [-0.39, 0.29) is 18.5 Å². The SMILES string of the molecule is CCCCCCCCC/C=C\CCCCCCCC(=O)OCCCCCCCCCCCCCC/C=C\CCCCCCCCCCCCCCCCC(=O)NC(CO)C(O)/C=C/CCCCCCCCCCCCCCCCCCCC. The first-order chi connectivity index (χ1) is 41.0. The van der Waals surface area contributed by atoms with Crippen LogP contribution in [0.15, 0.2) is 36.5 Å². The van der Waals surface area contributed by atoms with Crippen molar-refractivity contribution >= 4 is 11.9 Å². The molecule has 2 unspecified atom stereocenters. The zero-order valence-electron chi connectivity index (χ0n) is 56.2. The first kappa shape index (κ1) is 81.1. The number of unbranched alkanes of at least 4 members (excludes halogenated alkanes) is 56. The Kier molecular flexibility index (Phi) is 70.9. The van der Waals surface area contributed by atoms with E-state index in [0.717, 1.165) is 44.9 Å². The summed E-state index contributed by atoms with van der Waals surface area (Å²) in [5.74, 6) is -0.0526. The Morgan fingerprint density at radius 2 is 0.566 bits per heavy atom. The molecule has 0 aromatic carbocycles. The summed E-state index contributed by atoms with van der Waals surface area (Å²) >= 11 is 0. The number of carbonyl (C=O) groups is 2. The number of ether oxygens (including phenoxy) is 1. The molecule has 83 heavy (non-hydrogen) atoms. The highest BCUT2D eigenvalue weighted by Crippen LogP contribution is 2.19. The number of amides is 1. The molecule has 0 radical (unpaired) electrons. The number of aliphatic hydroxyl groups is 2. The molecule has 0 saturated heterocycles. The van der Waals surface area contributed by atoms with Gasteiger partial charge in [-0.05, 0) is 83.5 Å². The maximum Gasteiger partial charge on any atom is 0.305 e. The van der Waals surface area contributed by atoms with Gasteiger partial charge in [-0.25, -0.2) is 0 Å². The summed E-state index contributed by atoms with van der Waals surface area (Å²) < 4.78 is 5.50. The molecule has 0 heterocycles. The zero-order chi connectivity index (χ0) is 59.9. The maximum atomic E-state index is 12.5. The molecule has 3 N–H and O–H groups in total. The lowest BCUT2D eigenvalue weighted by molar-refractivity contribution is -0.143. The topological polar surface area (TPSA) is 95.9 Å². The van der Waals surface area contributed by atoms with Crippen molar-refractivity contribution in [2.75, 3.05) is 13.2 Å². The standard InChI is InChI=1S/C77H147NO5/c1-3-5-7-9-11-13-15-17-19-21-22-35-38-41-45-49-53-57-61-65-69-75(80)74(73-79)78-76(81)70-66-62-58-54-50-46-42-39-36-33-31-29-27-25-23-24-26-28-30-32-34-37-40-44-48-52-56-60-64-68-72-83-77(82)71-67-63-59-55-51-47-43-20-18-16-14-12-10-8-6-4-2/h20,24,26,43,65,69,74-75,79-80H,3-19,21-23,25,27-42,44-64,66-68,70-73H2,1-2H3,(H,78,81)/b26-24-,43-20-,69-65+. The molecule has 2 atom stereocenters. The van der Waals surface area contributed by atoms with Crippen LogP contribution >= 0.6 is 0 Å². The third kappa shape index (κ3) is 69.1. The highest BCUT2D eigenvalue weighted by atomic mass is 16.5. The Labute approximate surface area is 519 Å². The van der Waals surface area contributed by atoms with Gasteiger partial charge < -0.3 is 20.3 Å². The summed E-state index contributed by atoms with van der Waals surface area (Å²) in [7, 11) is 0. The van der Waals surface area contributed by atoms with E-state index < -0.39 is 12.1 Å². The summed E-state index contributed by atoms with van der Waals surface area (Å²) in [6.07, 6.45) is 93.9. The first-order valence-corrected chi connectivity index (χ1v) is 37.8. The van der Waals surface area contributed by atoms with Gasteiger partial charge in [-0.3, -0.25) is 9.59 Å². The third-order valence-corrected chi connectivity index (χ3v) is 17.6. The van der Waals surface area contributed by atoms with Gasteiger partial charge in [-0.15, -0.1) is 0 Å². The molecular weight excluding hydrogens is 1020 g/mol. The van der Waals surface area contributed by atoms with Crippen LogP contribution in [0.1, 0.15) is 418 Å². The molecule has 0 aromatic rings. The molecule has 0 aliphatic rings. The number of esters is 1. The van der Waals surface area contributed by atoms with E-state index in [0.29, 0.717) is 19.4 Å². The summed E-state index contributed by atoms with van der Waals surface area (Å²) in [6, 6.07) is -0.628. The van der Waals surface area contributed by atoms with Crippen molar-refractivity contribution in [3.63, 3.8) is 0 Å². The lowest BCUT2D eigenvalue weighted by Gasteiger charge is -2.20. The van der Waals surface area contributed by atoms with Gasteiger partial charge in [0.1, 0.15) is 0 Å². The number of allylic oxidation sites excluding steroid dienone is 5. The molecule has 6 heteroatoms. The van der Waals surface area contributed by atoms with Gasteiger partial charge in [0.25, 0.3) is 0 Å². The van der Waals surface area contributed by atoms with Crippen LogP contribution in [-0.4, -0.2) is 47.4 Å². The fourth-order valence-corrected chi connectivity index (χ4v) is 11.9. The Morgan fingerprint density at radius 3 is 0.855 bits per heavy atom. The van der Waals surface area contributed by atoms with E-state index in [1.807, 2.05) is 6.08 Å². The average molecular weight is 1170 g/mol. The molecule has 0 aliphatic heterocycles. The number of hydrogen-bond acceptors (Lipinski definition) is 5. The smallest absolute Gasteiger partial charge is 0.305 e. The van der Waals surface area contributed by atoms with Crippen LogP contribution in [0.25, 0.3) is 0 Å². The van der Waals surface area contributed by atoms with Gasteiger partial charge in [0.2, 0.25) is 5.91 Å². The summed E-state index contributed by atoms with van der Waals surface area (Å²) in [6.45, 7) is 4.94. The second kappa shape index (κ2) is 72.6. The minimum absolute atomic E-state index is 0.0100. The van der Waals surface area contributed by atoms with E-state index in [1.54, 1.807) is 6.08 Å². The highest BCUT2D eigenvalue weighted by molar-refractivity contribution is 5.76. The zero-order valence-corrected chi connectivity index (χ0v) is 56.2. The highest BCUT2D eigenvalue weighted by Gasteiger charge is 2.18. The van der Waals surface area contributed by atoms with Crippen LogP contribution in [0.5, 0.6) is 0 Å². The second-order valence-electron chi connectivity index (χ2n) is 26.0. The minimum Gasteiger partial charge on any atom is -0.466 e. The Morgan fingerprint density at radius 1 is 0.325 bits per heavy atom. The second-order valence-corrected chi connectivity index (χ2v) is 26.0. The van der Waals surface area contributed by atoms with Crippen molar-refractivity contribution in [3.8, 4) is 0 Å². The van der Waals surface area contributed by atoms with E-state index in [9.17, 15) is 19.8 Å². The fourth-order valence-electron chi connectivity index (χ4n) is 11.9. The molecule has 0 aliphatic carbocycles. The van der Waals surface area contributed by atoms with Gasteiger partial charge in [-0.2, -0.15) is 0 Å².